The lowest BCUT2D eigenvalue weighted by atomic mass is 10.2. The van der Waals surface area contributed by atoms with Crippen LogP contribution in [-0.2, 0) is 6.54 Å². The molecule has 1 N–H and O–H groups in total. The van der Waals surface area contributed by atoms with Crippen molar-refractivity contribution in [3.63, 3.8) is 0 Å². The van der Waals surface area contributed by atoms with E-state index in [1.54, 1.807) is 24.5 Å². The number of benzene rings is 1. The van der Waals surface area contributed by atoms with Crippen LogP contribution in [0.5, 0.6) is 0 Å². The second kappa shape index (κ2) is 6.24. The van der Waals surface area contributed by atoms with Crippen molar-refractivity contribution in [2.45, 2.75) is 13.5 Å². The SMILES string of the molecule is CCN(c1ccc(F)cc1)c1cncc(CNC)n1. The fourth-order valence-corrected chi connectivity index (χ4v) is 1.89. The Labute approximate surface area is 112 Å². The van der Waals surface area contributed by atoms with E-state index >= 15 is 0 Å². The third-order valence-corrected chi connectivity index (χ3v) is 2.76. The number of anilines is 2. The summed E-state index contributed by atoms with van der Waals surface area (Å²) in [7, 11) is 1.87. The van der Waals surface area contributed by atoms with Gasteiger partial charge in [0.1, 0.15) is 5.82 Å². The number of aromatic nitrogens is 2. The smallest absolute Gasteiger partial charge is 0.151 e. The van der Waals surface area contributed by atoms with E-state index in [1.165, 1.54) is 12.1 Å². The Morgan fingerprint density at radius 1 is 1.21 bits per heavy atom. The van der Waals surface area contributed by atoms with Crippen LogP contribution >= 0.6 is 0 Å². The van der Waals surface area contributed by atoms with Gasteiger partial charge in [-0.25, -0.2) is 9.37 Å². The summed E-state index contributed by atoms with van der Waals surface area (Å²) in [5, 5.41) is 3.04. The van der Waals surface area contributed by atoms with Crippen LogP contribution in [0.4, 0.5) is 15.9 Å². The van der Waals surface area contributed by atoms with Gasteiger partial charge in [0.25, 0.3) is 0 Å². The zero-order chi connectivity index (χ0) is 13.7. The topological polar surface area (TPSA) is 41.1 Å². The van der Waals surface area contributed by atoms with Crippen molar-refractivity contribution in [2.24, 2.45) is 0 Å². The fraction of sp³-hybridized carbons (Fsp3) is 0.286. The van der Waals surface area contributed by atoms with E-state index in [1.807, 2.05) is 18.9 Å². The summed E-state index contributed by atoms with van der Waals surface area (Å²) < 4.78 is 13.0. The van der Waals surface area contributed by atoms with Gasteiger partial charge in [0, 0.05) is 25.0 Å². The van der Waals surface area contributed by atoms with E-state index in [-0.39, 0.29) is 5.82 Å². The van der Waals surface area contributed by atoms with Crippen molar-refractivity contribution >= 4 is 11.5 Å². The lowest BCUT2D eigenvalue weighted by Crippen LogP contribution is -2.19. The van der Waals surface area contributed by atoms with E-state index in [2.05, 4.69) is 15.3 Å². The molecule has 2 aromatic rings. The Morgan fingerprint density at radius 3 is 2.58 bits per heavy atom. The van der Waals surface area contributed by atoms with Crippen LogP contribution in [0.1, 0.15) is 12.6 Å². The molecule has 0 aliphatic rings. The summed E-state index contributed by atoms with van der Waals surface area (Å²) in [6.07, 6.45) is 3.45. The van der Waals surface area contributed by atoms with Crippen molar-refractivity contribution in [2.75, 3.05) is 18.5 Å². The molecule has 100 valence electrons. The Hall–Kier alpha value is -2.01. The molecular formula is C14H17FN4. The molecule has 0 atom stereocenters. The summed E-state index contributed by atoms with van der Waals surface area (Å²) in [4.78, 5) is 10.7. The van der Waals surface area contributed by atoms with E-state index in [0.29, 0.717) is 6.54 Å². The first-order valence-electron chi connectivity index (χ1n) is 6.23. The predicted molar refractivity (Wildman–Crippen MR) is 73.9 cm³/mol. The number of nitrogens with zero attached hydrogens (tertiary/aromatic N) is 3. The maximum Gasteiger partial charge on any atom is 0.151 e. The summed E-state index contributed by atoms with van der Waals surface area (Å²) >= 11 is 0. The van der Waals surface area contributed by atoms with Crippen LogP contribution in [0, 0.1) is 5.82 Å². The van der Waals surface area contributed by atoms with Gasteiger partial charge in [0.15, 0.2) is 5.82 Å². The second-order valence-electron chi connectivity index (χ2n) is 4.12. The zero-order valence-corrected chi connectivity index (χ0v) is 11.1. The van der Waals surface area contributed by atoms with Gasteiger partial charge in [-0.15, -0.1) is 0 Å². The molecule has 1 aromatic heterocycles. The molecule has 1 aromatic carbocycles. The van der Waals surface area contributed by atoms with Gasteiger partial charge < -0.3 is 10.2 Å². The molecule has 0 radical (unpaired) electrons. The standard InChI is InChI=1S/C14H17FN4/c1-3-19(13-6-4-11(15)5-7-13)14-10-17-9-12(18-14)8-16-2/h4-7,9-10,16H,3,8H2,1-2H3. The Bertz CT molecular complexity index is 527. The monoisotopic (exact) mass is 260 g/mol. The van der Waals surface area contributed by atoms with Crippen LogP contribution in [0.3, 0.4) is 0 Å². The quantitative estimate of drug-likeness (QED) is 0.896. The van der Waals surface area contributed by atoms with E-state index in [0.717, 1.165) is 23.7 Å². The largest absolute Gasteiger partial charge is 0.325 e. The number of nitrogens with one attached hydrogen (secondary N) is 1. The fourth-order valence-electron chi connectivity index (χ4n) is 1.89. The van der Waals surface area contributed by atoms with Crippen LogP contribution in [0.15, 0.2) is 36.7 Å². The highest BCUT2D eigenvalue weighted by Gasteiger charge is 2.09. The molecule has 5 heteroatoms. The zero-order valence-electron chi connectivity index (χ0n) is 11.1. The van der Waals surface area contributed by atoms with Gasteiger partial charge in [0.05, 0.1) is 11.9 Å². The average Bonchev–Trinajstić information content (AvgIpc) is 2.43. The predicted octanol–water partition coefficient (Wildman–Crippen LogP) is 2.49. The highest BCUT2D eigenvalue weighted by molar-refractivity contribution is 5.58. The maximum atomic E-state index is 13.0. The van der Waals surface area contributed by atoms with Crippen molar-refractivity contribution in [3.05, 3.63) is 48.2 Å². The van der Waals surface area contributed by atoms with Gasteiger partial charge >= 0.3 is 0 Å². The molecule has 4 nitrogen and oxygen atoms in total. The van der Waals surface area contributed by atoms with Gasteiger partial charge in [0.2, 0.25) is 0 Å². The minimum Gasteiger partial charge on any atom is -0.325 e. The Morgan fingerprint density at radius 2 is 1.95 bits per heavy atom. The third-order valence-electron chi connectivity index (χ3n) is 2.76. The Kier molecular flexibility index (Phi) is 4.41. The summed E-state index contributed by atoms with van der Waals surface area (Å²) in [6, 6.07) is 6.38. The molecule has 0 saturated carbocycles. The molecule has 0 fully saturated rings. The van der Waals surface area contributed by atoms with Crippen LogP contribution in [0.25, 0.3) is 0 Å². The highest BCUT2D eigenvalue weighted by atomic mass is 19.1. The molecule has 19 heavy (non-hydrogen) atoms. The lowest BCUT2D eigenvalue weighted by Gasteiger charge is -2.22. The lowest BCUT2D eigenvalue weighted by molar-refractivity contribution is 0.627. The first-order valence-corrected chi connectivity index (χ1v) is 6.23. The van der Waals surface area contributed by atoms with Crippen molar-refractivity contribution in [1.82, 2.24) is 15.3 Å². The molecule has 0 saturated heterocycles. The van der Waals surface area contributed by atoms with Crippen LogP contribution in [-0.4, -0.2) is 23.6 Å². The molecule has 0 unspecified atom stereocenters. The van der Waals surface area contributed by atoms with Gasteiger partial charge in [-0.05, 0) is 38.2 Å². The summed E-state index contributed by atoms with van der Waals surface area (Å²) in [6.45, 7) is 3.43. The molecule has 2 rings (SSSR count). The van der Waals surface area contributed by atoms with Crippen molar-refractivity contribution in [1.29, 1.82) is 0 Å². The second-order valence-corrected chi connectivity index (χ2v) is 4.12. The molecule has 0 aliphatic carbocycles. The number of hydrogen-bond donors (Lipinski definition) is 1. The first-order chi connectivity index (χ1) is 9.24. The van der Waals surface area contributed by atoms with Crippen LogP contribution < -0.4 is 10.2 Å². The van der Waals surface area contributed by atoms with Gasteiger partial charge in [-0.1, -0.05) is 0 Å². The normalized spacial score (nSPS) is 10.5. The van der Waals surface area contributed by atoms with E-state index in [4.69, 9.17) is 0 Å². The molecule has 0 amide bonds. The molecular weight excluding hydrogens is 243 g/mol. The summed E-state index contributed by atoms with van der Waals surface area (Å²) in [5.74, 6) is 0.525. The summed E-state index contributed by atoms with van der Waals surface area (Å²) in [5.41, 5.74) is 1.78. The van der Waals surface area contributed by atoms with E-state index in [9.17, 15) is 4.39 Å². The van der Waals surface area contributed by atoms with Crippen LogP contribution in [0.2, 0.25) is 0 Å². The van der Waals surface area contributed by atoms with E-state index < -0.39 is 0 Å². The highest BCUT2D eigenvalue weighted by Crippen LogP contribution is 2.22. The molecule has 0 aliphatic heterocycles. The third kappa shape index (κ3) is 3.26. The van der Waals surface area contributed by atoms with Crippen molar-refractivity contribution in [3.8, 4) is 0 Å². The number of halogens is 1. The van der Waals surface area contributed by atoms with Gasteiger partial charge in [-0.2, -0.15) is 0 Å². The molecule has 0 spiro atoms. The minimum absolute atomic E-state index is 0.241. The Balaban J connectivity index is 2.30. The minimum atomic E-state index is -0.241. The first kappa shape index (κ1) is 13.4. The molecule has 1 heterocycles. The average molecular weight is 260 g/mol. The van der Waals surface area contributed by atoms with Crippen molar-refractivity contribution < 1.29 is 4.39 Å². The molecule has 0 bridgehead atoms. The number of rotatable bonds is 5. The maximum absolute atomic E-state index is 13.0. The van der Waals surface area contributed by atoms with Gasteiger partial charge in [-0.3, -0.25) is 4.98 Å². The number of hydrogen-bond acceptors (Lipinski definition) is 4.